The quantitative estimate of drug-likeness (QED) is 0.814. The Bertz CT molecular complexity index is 712. The highest BCUT2D eigenvalue weighted by atomic mass is 16.5. The molecule has 150 valence electrons. The van der Waals surface area contributed by atoms with Crippen LogP contribution in [0.4, 0.5) is 0 Å². The van der Waals surface area contributed by atoms with Crippen LogP contribution in [-0.2, 0) is 14.3 Å². The zero-order chi connectivity index (χ0) is 19.3. The van der Waals surface area contributed by atoms with E-state index in [2.05, 4.69) is 5.32 Å². The Kier molecular flexibility index (Phi) is 6.10. The van der Waals surface area contributed by atoms with Gasteiger partial charge in [0.05, 0.1) is 18.8 Å². The number of fused-ring (bicyclic) bond motifs is 1. The Balaban J connectivity index is 1.40. The molecule has 3 atom stereocenters. The van der Waals surface area contributed by atoms with Gasteiger partial charge in [-0.3, -0.25) is 9.59 Å². The molecule has 0 bridgehead atoms. The van der Waals surface area contributed by atoms with Crippen LogP contribution < -0.4 is 5.32 Å². The summed E-state index contributed by atoms with van der Waals surface area (Å²) >= 11 is 0. The number of nitrogens with one attached hydrogen (secondary N) is 1. The van der Waals surface area contributed by atoms with Crippen molar-refractivity contribution in [3.05, 3.63) is 42.0 Å². The van der Waals surface area contributed by atoms with E-state index >= 15 is 0 Å². The Morgan fingerprint density at radius 3 is 2.64 bits per heavy atom. The van der Waals surface area contributed by atoms with E-state index < -0.39 is 0 Å². The summed E-state index contributed by atoms with van der Waals surface area (Å²) in [6.07, 6.45) is 10.6. The first-order valence-corrected chi connectivity index (χ1v) is 10.7. The lowest BCUT2D eigenvalue weighted by atomic mass is 9.81. The van der Waals surface area contributed by atoms with Gasteiger partial charge in [-0.15, -0.1) is 0 Å². The largest absolute Gasteiger partial charge is 0.374 e. The second-order valence-electron chi connectivity index (χ2n) is 8.25. The third-order valence-corrected chi connectivity index (χ3v) is 6.39. The normalized spacial score (nSPS) is 28.3. The number of hydrogen-bond donors (Lipinski definition) is 1. The minimum Gasteiger partial charge on any atom is -0.374 e. The van der Waals surface area contributed by atoms with Gasteiger partial charge in [-0.25, -0.2) is 0 Å². The van der Waals surface area contributed by atoms with E-state index in [-0.39, 0.29) is 29.9 Å². The van der Waals surface area contributed by atoms with E-state index in [0.29, 0.717) is 25.6 Å². The Hall–Kier alpha value is -2.14. The molecule has 1 heterocycles. The van der Waals surface area contributed by atoms with Crippen molar-refractivity contribution >= 4 is 17.9 Å². The molecule has 2 amide bonds. The van der Waals surface area contributed by atoms with Crippen LogP contribution in [0.3, 0.4) is 0 Å². The van der Waals surface area contributed by atoms with E-state index in [1.807, 2.05) is 41.3 Å². The van der Waals surface area contributed by atoms with E-state index in [9.17, 15) is 9.59 Å². The molecule has 2 saturated carbocycles. The summed E-state index contributed by atoms with van der Waals surface area (Å²) in [6.45, 7) is 1.17. The average Bonchev–Trinajstić information content (AvgIpc) is 3.25. The smallest absolute Gasteiger partial charge is 0.246 e. The Labute approximate surface area is 167 Å². The molecule has 5 heteroatoms. The predicted octanol–water partition coefficient (Wildman–Crippen LogP) is 3.15. The molecule has 0 unspecified atom stereocenters. The number of carbonyl (C=O) groups is 2. The highest BCUT2D eigenvalue weighted by molar-refractivity contribution is 5.92. The van der Waals surface area contributed by atoms with Crippen molar-refractivity contribution < 1.29 is 14.3 Å². The maximum atomic E-state index is 12.9. The minimum atomic E-state index is -0.0167. The number of rotatable bonds is 4. The monoisotopic (exact) mass is 382 g/mol. The molecule has 1 aromatic rings. The molecule has 3 fully saturated rings. The van der Waals surface area contributed by atoms with Crippen LogP contribution in [0.5, 0.6) is 0 Å². The topological polar surface area (TPSA) is 58.6 Å². The molecular weight excluding hydrogens is 352 g/mol. The second-order valence-corrected chi connectivity index (χ2v) is 8.25. The van der Waals surface area contributed by atoms with E-state index in [0.717, 1.165) is 31.2 Å². The SMILES string of the molecule is O=C(NC1CCCC1)[C@H]1CC[C@H]2OCCN(C(=O)C=Cc3ccccc3)[C@@H]2C1. The van der Waals surface area contributed by atoms with Crippen molar-refractivity contribution in [3.63, 3.8) is 0 Å². The van der Waals surface area contributed by atoms with E-state index in [1.165, 1.54) is 12.8 Å². The third kappa shape index (κ3) is 4.46. The van der Waals surface area contributed by atoms with Gasteiger partial charge in [0.2, 0.25) is 11.8 Å². The van der Waals surface area contributed by atoms with Crippen LogP contribution in [0.2, 0.25) is 0 Å². The number of hydrogen-bond acceptors (Lipinski definition) is 3. The first-order valence-electron chi connectivity index (χ1n) is 10.7. The van der Waals surface area contributed by atoms with Crippen molar-refractivity contribution in [3.8, 4) is 0 Å². The Morgan fingerprint density at radius 2 is 1.86 bits per heavy atom. The minimum absolute atomic E-state index is 0.00486. The molecule has 1 N–H and O–H groups in total. The molecule has 0 radical (unpaired) electrons. The summed E-state index contributed by atoms with van der Waals surface area (Å²) in [5, 5.41) is 3.24. The first kappa shape index (κ1) is 19.2. The maximum Gasteiger partial charge on any atom is 0.246 e. The Morgan fingerprint density at radius 1 is 1.07 bits per heavy atom. The molecule has 28 heavy (non-hydrogen) atoms. The number of nitrogens with zero attached hydrogens (tertiary/aromatic N) is 1. The lowest BCUT2D eigenvalue weighted by Crippen LogP contribution is -2.57. The number of benzene rings is 1. The fourth-order valence-corrected chi connectivity index (χ4v) is 4.84. The van der Waals surface area contributed by atoms with Crippen molar-refractivity contribution in [2.75, 3.05) is 13.2 Å². The highest BCUT2D eigenvalue weighted by Gasteiger charge is 2.41. The van der Waals surface area contributed by atoms with Gasteiger partial charge in [-0.2, -0.15) is 0 Å². The van der Waals surface area contributed by atoms with Gasteiger partial charge < -0.3 is 15.0 Å². The lowest BCUT2D eigenvalue weighted by Gasteiger charge is -2.45. The molecule has 5 nitrogen and oxygen atoms in total. The van der Waals surface area contributed by atoms with Crippen molar-refractivity contribution in [1.29, 1.82) is 0 Å². The summed E-state index contributed by atoms with van der Waals surface area (Å²) in [5.74, 6) is 0.166. The summed E-state index contributed by atoms with van der Waals surface area (Å²) in [5.41, 5.74) is 1.01. The molecule has 0 spiro atoms. The molecule has 1 saturated heterocycles. The first-order chi connectivity index (χ1) is 13.7. The van der Waals surface area contributed by atoms with Crippen LogP contribution >= 0.6 is 0 Å². The summed E-state index contributed by atoms with van der Waals surface area (Å²) < 4.78 is 5.94. The van der Waals surface area contributed by atoms with Crippen LogP contribution in [0.1, 0.15) is 50.5 Å². The van der Waals surface area contributed by atoms with Crippen LogP contribution in [0.25, 0.3) is 6.08 Å². The van der Waals surface area contributed by atoms with E-state index in [1.54, 1.807) is 6.08 Å². The zero-order valence-corrected chi connectivity index (χ0v) is 16.4. The second kappa shape index (κ2) is 8.91. The standard InChI is InChI=1S/C23H30N2O3/c26-22(13-10-17-6-2-1-3-7-17)25-14-15-28-21-12-11-18(16-20(21)25)23(27)24-19-8-4-5-9-19/h1-3,6-7,10,13,18-21H,4-5,8-9,11-12,14-16H2,(H,24,27)/t18-,20+,21+/m0/s1. The van der Waals surface area contributed by atoms with E-state index in [4.69, 9.17) is 4.74 Å². The molecule has 1 aliphatic heterocycles. The van der Waals surface area contributed by atoms with Gasteiger partial charge in [0.25, 0.3) is 0 Å². The third-order valence-electron chi connectivity index (χ3n) is 6.39. The van der Waals surface area contributed by atoms with Gasteiger partial charge in [0, 0.05) is 24.6 Å². The molecular formula is C23H30N2O3. The van der Waals surface area contributed by atoms with Crippen LogP contribution in [0.15, 0.2) is 36.4 Å². The van der Waals surface area contributed by atoms with Crippen LogP contribution in [0, 0.1) is 5.92 Å². The number of ether oxygens (including phenoxy) is 1. The number of carbonyl (C=O) groups excluding carboxylic acids is 2. The van der Waals surface area contributed by atoms with Gasteiger partial charge in [0.1, 0.15) is 0 Å². The van der Waals surface area contributed by atoms with Gasteiger partial charge >= 0.3 is 0 Å². The highest BCUT2D eigenvalue weighted by Crippen LogP contribution is 2.33. The maximum absolute atomic E-state index is 12.9. The molecule has 3 aliphatic rings. The summed E-state index contributed by atoms with van der Waals surface area (Å²) in [6, 6.07) is 10.2. The molecule has 4 rings (SSSR count). The average molecular weight is 383 g/mol. The summed E-state index contributed by atoms with van der Waals surface area (Å²) in [4.78, 5) is 27.5. The van der Waals surface area contributed by atoms with Crippen molar-refractivity contribution in [2.45, 2.75) is 63.1 Å². The van der Waals surface area contributed by atoms with Gasteiger partial charge in [-0.1, -0.05) is 43.2 Å². The van der Waals surface area contributed by atoms with Crippen molar-refractivity contribution in [1.82, 2.24) is 10.2 Å². The predicted molar refractivity (Wildman–Crippen MR) is 108 cm³/mol. The van der Waals surface area contributed by atoms with Crippen molar-refractivity contribution in [2.24, 2.45) is 5.92 Å². The molecule has 2 aliphatic carbocycles. The zero-order valence-electron chi connectivity index (χ0n) is 16.4. The number of amides is 2. The molecule has 1 aromatic carbocycles. The van der Waals surface area contributed by atoms with Gasteiger partial charge in [0.15, 0.2) is 0 Å². The lowest BCUT2D eigenvalue weighted by molar-refractivity contribution is -0.150. The van der Waals surface area contributed by atoms with Gasteiger partial charge in [-0.05, 0) is 43.7 Å². The molecule has 0 aromatic heterocycles. The number of morpholine rings is 1. The fraction of sp³-hybridized carbons (Fsp3) is 0.565. The fourth-order valence-electron chi connectivity index (χ4n) is 4.84. The summed E-state index contributed by atoms with van der Waals surface area (Å²) in [7, 11) is 0. The van der Waals surface area contributed by atoms with Crippen LogP contribution in [-0.4, -0.2) is 48.1 Å².